The molecule has 0 saturated carbocycles. The third kappa shape index (κ3) is 9.27. The Kier molecular flexibility index (Phi) is 9.75. The van der Waals surface area contributed by atoms with Crippen LogP contribution in [0.25, 0.3) is 0 Å². The number of alkyl halides is 1. The summed E-state index contributed by atoms with van der Waals surface area (Å²) in [5, 5.41) is 2.56. The fourth-order valence-electron chi connectivity index (χ4n) is 1.75. The highest BCUT2D eigenvalue weighted by molar-refractivity contribution is 14.1. The van der Waals surface area contributed by atoms with E-state index in [9.17, 15) is 14.4 Å². The highest BCUT2D eigenvalue weighted by Crippen LogP contribution is 2.20. The van der Waals surface area contributed by atoms with E-state index in [2.05, 4.69) is 5.32 Å². The molecule has 0 fully saturated rings. The Morgan fingerprint density at radius 3 is 2.08 bits per heavy atom. The summed E-state index contributed by atoms with van der Waals surface area (Å²) in [6, 6.07) is -0.851. The number of esters is 2. The fourth-order valence-corrected chi connectivity index (χ4v) is 2.03. The number of nitrogens with one attached hydrogen (secondary N) is 1. The maximum absolute atomic E-state index is 12.4. The molecular weight excluding hydrogens is 441 g/mol. The minimum atomic E-state index is -0.966. The van der Waals surface area contributed by atoms with Gasteiger partial charge in [0.15, 0.2) is 0 Å². The molecule has 0 rings (SSSR count). The van der Waals surface area contributed by atoms with Crippen LogP contribution < -0.4 is 5.32 Å². The SMILES string of the molecule is CCC(C)[C@H](NC(=O)OC(C)(C)C)C(=O)OCC(C)(C)C(=O)OCI. The molecule has 146 valence electrons. The summed E-state index contributed by atoms with van der Waals surface area (Å²) >= 11 is 1.92. The molecule has 0 aromatic carbocycles. The van der Waals surface area contributed by atoms with Crippen LogP contribution in [0.5, 0.6) is 0 Å². The van der Waals surface area contributed by atoms with Gasteiger partial charge in [0.1, 0.15) is 22.9 Å². The van der Waals surface area contributed by atoms with Crippen LogP contribution in [0.3, 0.4) is 0 Å². The second kappa shape index (κ2) is 10.2. The smallest absolute Gasteiger partial charge is 0.408 e. The van der Waals surface area contributed by atoms with E-state index >= 15 is 0 Å². The van der Waals surface area contributed by atoms with Gasteiger partial charge in [0.05, 0.1) is 5.41 Å². The van der Waals surface area contributed by atoms with E-state index in [1.165, 1.54) is 0 Å². The van der Waals surface area contributed by atoms with Crippen LogP contribution in [-0.4, -0.2) is 40.9 Å². The maximum Gasteiger partial charge on any atom is 0.408 e. The average Bonchev–Trinajstić information content (AvgIpc) is 2.48. The first-order chi connectivity index (χ1) is 11.3. The minimum absolute atomic E-state index is 0.135. The van der Waals surface area contributed by atoms with Crippen LogP contribution in [-0.2, 0) is 23.8 Å². The second-order valence-electron chi connectivity index (χ2n) is 7.54. The first-order valence-electron chi connectivity index (χ1n) is 8.23. The van der Waals surface area contributed by atoms with Crippen molar-refractivity contribution in [3.05, 3.63) is 0 Å². The Balaban J connectivity index is 4.91. The third-order valence-corrected chi connectivity index (χ3v) is 3.76. The summed E-state index contributed by atoms with van der Waals surface area (Å²) in [6.45, 7) is 12.1. The molecule has 0 heterocycles. The lowest BCUT2D eigenvalue weighted by Crippen LogP contribution is -2.48. The number of amides is 1. The van der Waals surface area contributed by atoms with Gasteiger partial charge in [-0.2, -0.15) is 0 Å². The van der Waals surface area contributed by atoms with Crippen molar-refractivity contribution in [2.45, 2.75) is 66.5 Å². The van der Waals surface area contributed by atoms with Crippen molar-refractivity contribution < 1.29 is 28.6 Å². The van der Waals surface area contributed by atoms with Crippen LogP contribution in [0.1, 0.15) is 54.9 Å². The molecule has 25 heavy (non-hydrogen) atoms. The molecule has 0 aliphatic carbocycles. The molecule has 0 radical (unpaired) electrons. The third-order valence-electron chi connectivity index (χ3n) is 3.45. The zero-order valence-corrected chi connectivity index (χ0v) is 18.3. The van der Waals surface area contributed by atoms with Crippen LogP contribution in [0.4, 0.5) is 4.79 Å². The molecule has 0 aliphatic heterocycles. The number of ether oxygens (including phenoxy) is 3. The Morgan fingerprint density at radius 1 is 1.08 bits per heavy atom. The second-order valence-corrected chi connectivity index (χ2v) is 8.16. The van der Waals surface area contributed by atoms with Gasteiger partial charge in [-0.3, -0.25) is 4.79 Å². The van der Waals surface area contributed by atoms with E-state index in [1.807, 2.05) is 36.4 Å². The Bertz CT molecular complexity index is 472. The van der Waals surface area contributed by atoms with Gasteiger partial charge in [0, 0.05) is 0 Å². The standard InChI is InChI=1S/C17H30INO6/c1-8-11(2)12(19-15(22)25-16(3,4)5)13(20)23-9-17(6,7)14(21)24-10-18/h11-12H,8-10H2,1-7H3,(H,19,22)/t11?,12-/m0/s1. The first kappa shape index (κ1) is 23.9. The molecule has 0 aromatic rings. The Labute approximate surface area is 163 Å². The predicted molar refractivity (Wildman–Crippen MR) is 102 cm³/mol. The quantitative estimate of drug-likeness (QED) is 0.253. The lowest BCUT2D eigenvalue weighted by Gasteiger charge is -2.27. The summed E-state index contributed by atoms with van der Waals surface area (Å²) in [4.78, 5) is 36.3. The average molecular weight is 471 g/mol. The largest absolute Gasteiger partial charge is 0.463 e. The van der Waals surface area contributed by atoms with Gasteiger partial charge in [-0.25, -0.2) is 9.59 Å². The molecule has 7 nitrogen and oxygen atoms in total. The minimum Gasteiger partial charge on any atom is -0.463 e. The number of halogens is 1. The van der Waals surface area contributed by atoms with Crippen molar-refractivity contribution in [2.75, 3.05) is 11.2 Å². The molecule has 0 spiro atoms. The number of carbonyl (C=O) groups is 3. The number of carbonyl (C=O) groups excluding carboxylic acids is 3. The summed E-state index contributed by atoms with van der Waals surface area (Å²) in [6.07, 6.45) is -0.0196. The summed E-state index contributed by atoms with van der Waals surface area (Å²) in [7, 11) is 0. The van der Waals surface area contributed by atoms with E-state index in [0.717, 1.165) is 0 Å². The van der Waals surface area contributed by atoms with Crippen LogP contribution in [0.15, 0.2) is 0 Å². The molecule has 0 aromatic heterocycles. The van der Waals surface area contributed by atoms with E-state index in [1.54, 1.807) is 34.6 Å². The monoisotopic (exact) mass is 471 g/mol. The predicted octanol–water partition coefficient (Wildman–Crippen LogP) is 3.43. The Hall–Kier alpha value is -1.06. The van der Waals surface area contributed by atoms with Gasteiger partial charge in [0.2, 0.25) is 0 Å². The van der Waals surface area contributed by atoms with Crippen LogP contribution in [0.2, 0.25) is 0 Å². The number of hydrogen-bond acceptors (Lipinski definition) is 6. The summed E-state index contributed by atoms with van der Waals surface area (Å²) < 4.78 is 15.7. The molecule has 1 N–H and O–H groups in total. The highest BCUT2D eigenvalue weighted by Gasteiger charge is 2.34. The maximum atomic E-state index is 12.4. The molecule has 0 saturated heterocycles. The van der Waals surface area contributed by atoms with Gasteiger partial charge >= 0.3 is 18.0 Å². The first-order valence-corrected chi connectivity index (χ1v) is 9.76. The fraction of sp³-hybridized carbons (Fsp3) is 0.824. The Morgan fingerprint density at radius 2 is 1.64 bits per heavy atom. The molecule has 2 atom stereocenters. The zero-order valence-electron chi connectivity index (χ0n) is 16.1. The van der Waals surface area contributed by atoms with Crippen molar-refractivity contribution >= 4 is 40.6 Å². The molecular formula is C17H30INO6. The van der Waals surface area contributed by atoms with E-state index in [0.29, 0.717) is 6.42 Å². The highest BCUT2D eigenvalue weighted by atomic mass is 127. The molecule has 8 heteroatoms. The van der Waals surface area contributed by atoms with E-state index in [4.69, 9.17) is 14.2 Å². The van der Waals surface area contributed by atoms with Gasteiger partial charge in [-0.1, -0.05) is 20.3 Å². The topological polar surface area (TPSA) is 90.9 Å². The molecule has 1 unspecified atom stereocenters. The molecule has 0 aliphatic rings. The van der Waals surface area contributed by atoms with E-state index < -0.39 is 35.1 Å². The van der Waals surface area contributed by atoms with Crippen molar-refractivity contribution in [3.8, 4) is 0 Å². The van der Waals surface area contributed by atoms with E-state index in [-0.39, 0.29) is 17.1 Å². The summed E-state index contributed by atoms with van der Waals surface area (Å²) in [5.41, 5.74) is -1.63. The zero-order chi connectivity index (χ0) is 19.8. The van der Waals surface area contributed by atoms with Crippen molar-refractivity contribution in [1.29, 1.82) is 0 Å². The lowest BCUT2D eigenvalue weighted by molar-refractivity contribution is -0.161. The van der Waals surface area contributed by atoms with Crippen molar-refractivity contribution in [1.82, 2.24) is 5.32 Å². The summed E-state index contributed by atoms with van der Waals surface area (Å²) in [5.74, 6) is -1.20. The molecule has 1 amide bonds. The number of hydrogen-bond donors (Lipinski definition) is 1. The van der Waals surface area contributed by atoms with Crippen LogP contribution >= 0.6 is 22.6 Å². The van der Waals surface area contributed by atoms with Crippen molar-refractivity contribution in [2.24, 2.45) is 11.3 Å². The van der Waals surface area contributed by atoms with Gasteiger partial charge in [-0.05, 0) is 63.1 Å². The van der Waals surface area contributed by atoms with Crippen molar-refractivity contribution in [3.63, 3.8) is 0 Å². The van der Waals surface area contributed by atoms with Gasteiger partial charge < -0.3 is 19.5 Å². The number of alkyl carbamates (subject to hydrolysis) is 1. The van der Waals surface area contributed by atoms with Gasteiger partial charge in [0.25, 0.3) is 0 Å². The van der Waals surface area contributed by atoms with Gasteiger partial charge in [-0.15, -0.1) is 0 Å². The number of rotatable bonds is 8. The van der Waals surface area contributed by atoms with Crippen LogP contribution in [0, 0.1) is 11.3 Å². The normalized spacial score (nSPS) is 14.2. The molecule has 0 bridgehead atoms. The lowest BCUT2D eigenvalue weighted by atomic mass is 9.95.